The Morgan fingerprint density at radius 2 is 0.607 bits per heavy atom. The van der Waals surface area contributed by atoms with E-state index in [-0.39, 0.29) is 0 Å². The van der Waals surface area contributed by atoms with Crippen LogP contribution in [-0.2, 0) is 0 Å². The molecule has 0 saturated heterocycles. The van der Waals surface area contributed by atoms with Crippen LogP contribution in [0, 0.1) is 0 Å². The van der Waals surface area contributed by atoms with E-state index in [0.717, 1.165) is 17.2 Å². The number of hydrogen-bond acceptors (Lipinski definition) is 6. The normalized spacial score (nSPS) is 9.96. The van der Waals surface area contributed by atoms with E-state index < -0.39 is 17.3 Å². The molecule has 0 unspecified atom stereocenters. The van der Waals surface area contributed by atoms with E-state index in [4.69, 9.17) is 24.8 Å². The monoisotopic (exact) mass is 438 g/mol. The molecule has 7 heteroatoms. The maximum absolute atomic E-state index is 6.06. The SMILES string of the molecule is COc1ccc([O][Ga]([O]c2ccc(OC)cc2)[O]c2ccc(OC)cc2)cc1. The summed E-state index contributed by atoms with van der Waals surface area (Å²) in [5.41, 5.74) is 0. The summed E-state index contributed by atoms with van der Waals surface area (Å²) in [5.74, 6) is 4.24. The maximum atomic E-state index is 6.06. The quantitative estimate of drug-likeness (QED) is 0.466. The molecule has 0 radical (unpaired) electrons. The Kier molecular flexibility index (Phi) is 6.99. The third kappa shape index (κ3) is 5.55. The van der Waals surface area contributed by atoms with E-state index in [2.05, 4.69) is 0 Å². The minimum atomic E-state index is -3.17. The van der Waals surface area contributed by atoms with Crippen molar-refractivity contribution in [3.63, 3.8) is 0 Å². The van der Waals surface area contributed by atoms with Gasteiger partial charge in [0.2, 0.25) is 0 Å². The third-order valence-electron chi connectivity index (χ3n) is 3.88. The number of ether oxygens (including phenoxy) is 3. The summed E-state index contributed by atoms with van der Waals surface area (Å²) in [6.07, 6.45) is 0. The molecule has 144 valence electrons. The van der Waals surface area contributed by atoms with Gasteiger partial charge in [0.25, 0.3) is 0 Å². The first-order valence-electron chi connectivity index (χ1n) is 8.62. The van der Waals surface area contributed by atoms with Crippen molar-refractivity contribution in [2.45, 2.75) is 0 Å². The summed E-state index contributed by atoms with van der Waals surface area (Å²) >= 11 is -3.17. The van der Waals surface area contributed by atoms with Gasteiger partial charge in [0, 0.05) is 0 Å². The van der Waals surface area contributed by atoms with Gasteiger partial charge in [-0.1, -0.05) is 0 Å². The summed E-state index contributed by atoms with van der Waals surface area (Å²) in [4.78, 5) is 0. The van der Waals surface area contributed by atoms with Crippen LogP contribution in [0.1, 0.15) is 0 Å². The molecular formula is C21H21GaO6. The molecule has 3 rings (SSSR count). The van der Waals surface area contributed by atoms with Gasteiger partial charge in [0.05, 0.1) is 0 Å². The van der Waals surface area contributed by atoms with Crippen LogP contribution in [0.25, 0.3) is 0 Å². The van der Waals surface area contributed by atoms with Crippen LogP contribution in [0.4, 0.5) is 0 Å². The molecule has 0 fully saturated rings. The van der Waals surface area contributed by atoms with Gasteiger partial charge in [-0.25, -0.2) is 0 Å². The molecule has 0 bridgehead atoms. The predicted octanol–water partition coefficient (Wildman–Crippen LogP) is 4.23. The van der Waals surface area contributed by atoms with Gasteiger partial charge in [-0.05, 0) is 0 Å². The topological polar surface area (TPSA) is 55.4 Å². The van der Waals surface area contributed by atoms with Gasteiger partial charge >= 0.3 is 171 Å². The van der Waals surface area contributed by atoms with Gasteiger partial charge in [0.1, 0.15) is 0 Å². The third-order valence-corrected chi connectivity index (χ3v) is 6.80. The van der Waals surface area contributed by atoms with Crippen molar-refractivity contribution in [1.82, 2.24) is 0 Å². The fourth-order valence-electron chi connectivity index (χ4n) is 2.37. The second-order valence-electron chi connectivity index (χ2n) is 5.67. The standard InChI is InChI=1S/3C7H8O2.Ga/c3*1-9-7-4-2-6(8)3-5-7;/h3*2-5,8H,1H3;/q;;;+3/p-3. The molecule has 0 saturated carbocycles. The van der Waals surface area contributed by atoms with Crippen molar-refractivity contribution in [3.05, 3.63) is 72.8 Å². The van der Waals surface area contributed by atoms with E-state index in [1.807, 2.05) is 72.8 Å². The van der Waals surface area contributed by atoms with Crippen molar-refractivity contribution in [1.29, 1.82) is 0 Å². The van der Waals surface area contributed by atoms with Crippen molar-refractivity contribution in [3.8, 4) is 34.5 Å². The summed E-state index contributed by atoms with van der Waals surface area (Å²) in [6.45, 7) is 0. The Labute approximate surface area is 170 Å². The van der Waals surface area contributed by atoms with Crippen molar-refractivity contribution < 1.29 is 24.8 Å². The zero-order chi connectivity index (χ0) is 19.8. The van der Waals surface area contributed by atoms with Gasteiger partial charge in [-0.3, -0.25) is 0 Å². The number of methoxy groups -OCH3 is 3. The zero-order valence-corrected chi connectivity index (χ0v) is 18.4. The molecule has 0 atom stereocenters. The first kappa shape index (κ1) is 19.8. The predicted molar refractivity (Wildman–Crippen MR) is 107 cm³/mol. The molecule has 0 aliphatic carbocycles. The van der Waals surface area contributed by atoms with Crippen LogP contribution < -0.4 is 24.8 Å². The molecular weight excluding hydrogens is 418 g/mol. The van der Waals surface area contributed by atoms with E-state index in [1.54, 1.807) is 21.3 Å². The van der Waals surface area contributed by atoms with E-state index in [9.17, 15) is 0 Å². The molecule has 0 spiro atoms. The molecule has 0 heterocycles. The van der Waals surface area contributed by atoms with Crippen molar-refractivity contribution in [2.24, 2.45) is 0 Å². The summed E-state index contributed by atoms with van der Waals surface area (Å²) in [5, 5.41) is 0. The van der Waals surface area contributed by atoms with E-state index in [0.29, 0.717) is 17.2 Å². The second-order valence-corrected chi connectivity index (χ2v) is 8.36. The van der Waals surface area contributed by atoms with Gasteiger partial charge < -0.3 is 0 Å². The number of hydrogen-bond donors (Lipinski definition) is 0. The molecule has 0 N–H and O–H groups in total. The molecule has 6 nitrogen and oxygen atoms in total. The Morgan fingerprint density at radius 3 is 0.821 bits per heavy atom. The zero-order valence-electron chi connectivity index (χ0n) is 16.0. The summed E-state index contributed by atoms with van der Waals surface area (Å²) < 4.78 is 33.7. The average Bonchev–Trinajstić information content (AvgIpc) is 2.75. The van der Waals surface area contributed by atoms with Crippen LogP contribution >= 0.6 is 0 Å². The van der Waals surface area contributed by atoms with Gasteiger partial charge in [-0.2, -0.15) is 0 Å². The Hall–Kier alpha value is -2.90. The van der Waals surface area contributed by atoms with Gasteiger partial charge in [0.15, 0.2) is 0 Å². The number of rotatable bonds is 9. The van der Waals surface area contributed by atoms with Crippen LogP contribution in [0.3, 0.4) is 0 Å². The molecule has 3 aromatic carbocycles. The summed E-state index contributed by atoms with van der Waals surface area (Å²) in [6, 6.07) is 21.9. The first-order chi connectivity index (χ1) is 13.7. The summed E-state index contributed by atoms with van der Waals surface area (Å²) in [7, 11) is 4.86. The fraction of sp³-hybridized carbons (Fsp3) is 0.143. The molecule has 0 aliphatic heterocycles. The minimum absolute atomic E-state index is 0.660. The van der Waals surface area contributed by atoms with Crippen LogP contribution in [-0.4, -0.2) is 38.6 Å². The molecule has 3 aromatic rings. The van der Waals surface area contributed by atoms with Crippen molar-refractivity contribution >= 4 is 17.3 Å². The average molecular weight is 439 g/mol. The second kappa shape index (κ2) is 9.87. The molecule has 0 amide bonds. The van der Waals surface area contributed by atoms with Crippen LogP contribution in [0.5, 0.6) is 34.5 Å². The van der Waals surface area contributed by atoms with Crippen molar-refractivity contribution in [2.75, 3.05) is 21.3 Å². The molecule has 0 aromatic heterocycles. The van der Waals surface area contributed by atoms with Gasteiger partial charge in [-0.15, -0.1) is 0 Å². The molecule has 0 aliphatic rings. The fourth-order valence-corrected chi connectivity index (χ4v) is 5.06. The Morgan fingerprint density at radius 1 is 0.393 bits per heavy atom. The molecule has 28 heavy (non-hydrogen) atoms. The van der Waals surface area contributed by atoms with E-state index >= 15 is 0 Å². The number of benzene rings is 3. The first-order valence-corrected chi connectivity index (χ1v) is 11.6. The van der Waals surface area contributed by atoms with Crippen LogP contribution in [0.15, 0.2) is 72.8 Å². The Balaban J connectivity index is 1.76. The van der Waals surface area contributed by atoms with Crippen LogP contribution in [0.2, 0.25) is 0 Å². The Bertz CT molecular complexity index is 732. The van der Waals surface area contributed by atoms with E-state index in [1.165, 1.54) is 0 Å².